The highest BCUT2D eigenvalue weighted by atomic mass is 15.2. The normalized spacial score (nSPS) is 15.2. The quantitative estimate of drug-likeness (QED) is 0.430. The molecule has 0 unspecified atom stereocenters. The van der Waals surface area contributed by atoms with Crippen molar-refractivity contribution in [3.8, 4) is 0 Å². The summed E-state index contributed by atoms with van der Waals surface area (Å²) in [4.78, 5) is 3.78. The number of nitrogens with zero attached hydrogens (tertiary/aromatic N) is 2. The summed E-state index contributed by atoms with van der Waals surface area (Å²) in [6.07, 6.45) is 1.99. The van der Waals surface area contributed by atoms with Gasteiger partial charge in [-0.15, -0.1) is 0 Å². The van der Waals surface area contributed by atoms with E-state index in [1.807, 2.05) is 21.9 Å². The lowest BCUT2D eigenvalue weighted by atomic mass is 10.0. The highest BCUT2D eigenvalue weighted by Gasteiger charge is 2.16. The van der Waals surface area contributed by atoms with E-state index < -0.39 is 0 Å². The molecule has 0 spiro atoms. The summed E-state index contributed by atoms with van der Waals surface area (Å²) in [6, 6.07) is 16.7. The van der Waals surface area contributed by atoms with E-state index in [1.165, 1.54) is 22.3 Å². The molecule has 6 nitrogen and oxygen atoms in total. The standard InChI is InChI=1S/2C10H13N3/c2*11-10(12)13-6-5-8-3-1-2-4-9(8)7-13/h2*1-4H,5-7H2,(H3,11,12). The molecule has 2 aliphatic rings. The molecule has 0 aromatic heterocycles. The van der Waals surface area contributed by atoms with Gasteiger partial charge in [0.25, 0.3) is 0 Å². The number of benzene rings is 2. The van der Waals surface area contributed by atoms with E-state index in [-0.39, 0.29) is 11.9 Å². The van der Waals surface area contributed by atoms with E-state index >= 15 is 0 Å². The van der Waals surface area contributed by atoms with Gasteiger partial charge in [0, 0.05) is 26.2 Å². The molecule has 136 valence electrons. The van der Waals surface area contributed by atoms with Crippen molar-refractivity contribution >= 4 is 11.9 Å². The number of hydrogen-bond acceptors (Lipinski definition) is 2. The molecule has 0 bridgehead atoms. The Hall–Kier alpha value is -3.02. The highest BCUT2D eigenvalue weighted by Crippen LogP contribution is 2.18. The highest BCUT2D eigenvalue weighted by molar-refractivity contribution is 5.75. The Morgan fingerprint density at radius 1 is 0.654 bits per heavy atom. The molecule has 0 saturated carbocycles. The molecule has 2 aliphatic heterocycles. The maximum Gasteiger partial charge on any atom is 0.188 e. The van der Waals surface area contributed by atoms with Gasteiger partial charge in [0.2, 0.25) is 0 Å². The third kappa shape index (κ3) is 4.14. The molecule has 0 saturated heterocycles. The number of nitrogens with two attached hydrogens (primary N) is 2. The predicted molar refractivity (Wildman–Crippen MR) is 105 cm³/mol. The topological polar surface area (TPSA) is 106 Å². The lowest BCUT2D eigenvalue weighted by Gasteiger charge is -2.28. The Bertz CT molecular complexity index is 733. The average molecular weight is 350 g/mol. The molecule has 6 N–H and O–H groups in total. The number of hydrogen-bond donors (Lipinski definition) is 4. The van der Waals surface area contributed by atoms with Crippen LogP contribution in [-0.4, -0.2) is 34.8 Å². The predicted octanol–water partition coefficient (Wildman–Crippen LogP) is 1.88. The summed E-state index contributed by atoms with van der Waals surface area (Å²) in [6.45, 7) is 3.30. The molecule has 0 fully saturated rings. The molecule has 0 aliphatic carbocycles. The second-order valence-electron chi connectivity index (χ2n) is 6.65. The van der Waals surface area contributed by atoms with Crippen LogP contribution in [-0.2, 0) is 25.9 Å². The monoisotopic (exact) mass is 350 g/mol. The number of nitrogens with one attached hydrogen (secondary N) is 2. The zero-order chi connectivity index (χ0) is 18.5. The van der Waals surface area contributed by atoms with E-state index in [0.717, 1.165) is 39.0 Å². The van der Waals surface area contributed by atoms with Gasteiger partial charge in [0.05, 0.1) is 0 Å². The van der Waals surface area contributed by atoms with E-state index in [1.54, 1.807) is 0 Å². The summed E-state index contributed by atoms with van der Waals surface area (Å²) in [7, 11) is 0. The Kier molecular flexibility index (Phi) is 5.41. The van der Waals surface area contributed by atoms with Crippen molar-refractivity contribution in [2.24, 2.45) is 11.5 Å². The van der Waals surface area contributed by atoms with Crippen molar-refractivity contribution in [3.05, 3.63) is 70.8 Å². The molecule has 2 aromatic carbocycles. The molecule has 4 rings (SSSR count). The lowest BCUT2D eigenvalue weighted by Crippen LogP contribution is -2.39. The molecule has 2 heterocycles. The van der Waals surface area contributed by atoms with Gasteiger partial charge >= 0.3 is 0 Å². The van der Waals surface area contributed by atoms with Gasteiger partial charge < -0.3 is 21.3 Å². The average Bonchev–Trinajstić information content (AvgIpc) is 2.67. The minimum Gasteiger partial charge on any atom is -0.370 e. The van der Waals surface area contributed by atoms with Crippen molar-refractivity contribution < 1.29 is 0 Å². The Morgan fingerprint density at radius 3 is 1.35 bits per heavy atom. The van der Waals surface area contributed by atoms with Crippen LogP contribution in [0, 0.1) is 10.8 Å². The molecule has 26 heavy (non-hydrogen) atoms. The fourth-order valence-corrected chi connectivity index (χ4v) is 3.40. The van der Waals surface area contributed by atoms with Crippen molar-refractivity contribution in [2.75, 3.05) is 13.1 Å². The smallest absolute Gasteiger partial charge is 0.188 e. The van der Waals surface area contributed by atoms with Gasteiger partial charge in [-0.2, -0.15) is 0 Å². The van der Waals surface area contributed by atoms with E-state index in [9.17, 15) is 0 Å². The molecule has 0 radical (unpaired) electrons. The zero-order valence-electron chi connectivity index (χ0n) is 14.9. The fraction of sp³-hybridized carbons (Fsp3) is 0.300. The molecule has 6 heteroatoms. The first-order valence-corrected chi connectivity index (χ1v) is 8.86. The second kappa shape index (κ2) is 7.91. The summed E-state index contributed by atoms with van der Waals surface area (Å²) in [5.41, 5.74) is 16.2. The fourth-order valence-electron chi connectivity index (χ4n) is 3.40. The Labute approximate surface area is 154 Å². The minimum atomic E-state index is 0.175. The van der Waals surface area contributed by atoms with Gasteiger partial charge in [-0.1, -0.05) is 48.5 Å². The van der Waals surface area contributed by atoms with Crippen LogP contribution in [0.4, 0.5) is 0 Å². The van der Waals surface area contributed by atoms with Crippen LogP contribution < -0.4 is 11.5 Å². The minimum absolute atomic E-state index is 0.175. The van der Waals surface area contributed by atoms with E-state index in [0.29, 0.717) is 0 Å². The van der Waals surface area contributed by atoms with Gasteiger partial charge in [-0.3, -0.25) is 10.8 Å². The van der Waals surface area contributed by atoms with Crippen LogP contribution in [0.5, 0.6) is 0 Å². The van der Waals surface area contributed by atoms with Crippen LogP contribution >= 0.6 is 0 Å². The van der Waals surface area contributed by atoms with Gasteiger partial charge in [0.1, 0.15) is 0 Å². The first-order valence-electron chi connectivity index (χ1n) is 8.86. The van der Waals surface area contributed by atoms with Gasteiger partial charge in [-0.05, 0) is 35.1 Å². The summed E-state index contributed by atoms with van der Waals surface area (Å²) >= 11 is 0. The van der Waals surface area contributed by atoms with Crippen molar-refractivity contribution in [2.45, 2.75) is 25.9 Å². The maximum atomic E-state index is 7.33. The summed E-state index contributed by atoms with van der Waals surface area (Å²) in [5.74, 6) is 0.351. The van der Waals surface area contributed by atoms with Crippen LogP contribution in [0.3, 0.4) is 0 Å². The van der Waals surface area contributed by atoms with Crippen LogP contribution in [0.2, 0.25) is 0 Å². The van der Waals surface area contributed by atoms with Crippen molar-refractivity contribution in [3.63, 3.8) is 0 Å². The van der Waals surface area contributed by atoms with Crippen molar-refractivity contribution in [1.29, 1.82) is 10.8 Å². The van der Waals surface area contributed by atoms with Crippen LogP contribution in [0.15, 0.2) is 48.5 Å². The molecular weight excluding hydrogens is 324 g/mol. The number of rotatable bonds is 0. The summed E-state index contributed by atoms with van der Waals surface area (Å²) in [5, 5.41) is 14.7. The van der Waals surface area contributed by atoms with Crippen LogP contribution in [0.25, 0.3) is 0 Å². The third-order valence-electron chi connectivity index (χ3n) is 4.94. The largest absolute Gasteiger partial charge is 0.370 e. The van der Waals surface area contributed by atoms with Gasteiger partial charge in [-0.25, -0.2) is 0 Å². The molecule has 2 aromatic rings. The van der Waals surface area contributed by atoms with Crippen molar-refractivity contribution in [1.82, 2.24) is 9.80 Å². The van der Waals surface area contributed by atoms with E-state index in [2.05, 4.69) is 36.4 Å². The first kappa shape index (κ1) is 17.8. The lowest BCUT2D eigenvalue weighted by molar-refractivity contribution is 0.387. The number of guanidine groups is 2. The van der Waals surface area contributed by atoms with Gasteiger partial charge in [0.15, 0.2) is 11.9 Å². The molecule has 0 amide bonds. The Balaban J connectivity index is 0.000000151. The Morgan fingerprint density at radius 2 is 1.00 bits per heavy atom. The number of fused-ring (bicyclic) bond motifs is 2. The molecular formula is C20H26N6. The second-order valence-corrected chi connectivity index (χ2v) is 6.65. The van der Waals surface area contributed by atoms with Crippen LogP contribution in [0.1, 0.15) is 22.3 Å². The zero-order valence-corrected chi connectivity index (χ0v) is 14.9. The maximum absolute atomic E-state index is 7.33. The molecule has 0 atom stereocenters. The van der Waals surface area contributed by atoms with E-state index in [4.69, 9.17) is 22.3 Å². The first-order chi connectivity index (χ1) is 12.5. The third-order valence-corrected chi connectivity index (χ3v) is 4.94. The SMILES string of the molecule is N=C(N)N1CCc2ccccc2C1.N=C(N)N1CCc2ccccc2C1. The summed E-state index contributed by atoms with van der Waals surface area (Å²) < 4.78 is 0.